The Labute approximate surface area is 181 Å². The van der Waals surface area contributed by atoms with Gasteiger partial charge in [0.05, 0.1) is 30.9 Å². The molecule has 0 bridgehead atoms. The van der Waals surface area contributed by atoms with E-state index in [1.165, 1.54) is 4.90 Å². The van der Waals surface area contributed by atoms with E-state index >= 15 is 0 Å². The van der Waals surface area contributed by atoms with Crippen molar-refractivity contribution in [3.05, 3.63) is 65.0 Å². The topological polar surface area (TPSA) is 89.0 Å². The van der Waals surface area contributed by atoms with E-state index in [1.807, 2.05) is 19.9 Å². The summed E-state index contributed by atoms with van der Waals surface area (Å²) < 4.78 is 11.2. The number of rotatable bonds is 6. The van der Waals surface area contributed by atoms with Crippen LogP contribution < -0.4 is 4.74 Å². The van der Waals surface area contributed by atoms with Crippen LogP contribution in [0.4, 0.5) is 0 Å². The number of carbonyl (C=O) groups excluding carboxylic acids is 2. The van der Waals surface area contributed by atoms with Crippen LogP contribution in [0.15, 0.2) is 48.3 Å². The first-order chi connectivity index (χ1) is 15.0. The molecule has 1 saturated heterocycles. The van der Waals surface area contributed by atoms with Gasteiger partial charge in [-0.1, -0.05) is 0 Å². The first-order valence-electron chi connectivity index (χ1n) is 10.5. The Hall–Kier alpha value is -3.19. The van der Waals surface area contributed by atoms with E-state index in [1.54, 1.807) is 36.7 Å². The van der Waals surface area contributed by atoms with Crippen LogP contribution in [0.5, 0.6) is 5.75 Å². The van der Waals surface area contributed by atoms with Crippen LogP contribution in [-0.2, 0) is 20.7 Å². The highest BCUT2D eigenvalue weighted by molar-refractivity contribution is 6.46. The highest BCUT2D eigenvalue weighted by Gasteiger charge is 2.46. The number of hydrogen-bond donors (Lipinski definition) is 1. The number of hydrogen-bond acceptors (Lipinski definition) is 6. The van der Waals surface area contributed by atoms with Gasteiger partial charge in [0.1, 0.15) is 11.5 Å². The normalized spacial score (nSPS) is 20.1. The Bertz CT molecular complexity index is 1020. The van der Waals surface area contributed by atoms with E-state index in [0.717, 1.165) is 24.2 Å². The fourth-order valence-corrected chi connectivity index (χ4v) is 4.05. The number of amides is 1. The van der Waals surface area contributed by atoms with E-state index in [2.05, 4.69) is 4.98 Å². The highest BCUT2D eigenvalue weighted by atomic mass is 16.5. The summed E-state index contributed by atoms with van der Waals surface area (Å²) in [5.74, 6) is -0.726. The summed E-state index contributed by atoms with van der Waals surface area (Å²) in [6.07, 6.45) is 4.96. The third-order valence-corrected chi connectivity index (χ3v) is 5.53. The van der Waals surface area contributed by atoms with Gasteiger partial charge >= 0.3 is 0 Å². The molecule has 1 aromatic heterocycles. The van der Waals surface area contributed by atoms with Gasteiger partial charge in [-0.3, -0.25) is 14.6 Å². The minimum absolute atomic E-state index is 0.00825. The minimum atomic E-state index is -0.703. The summed E-state index contributed by atoms with van der Waals surface area (Å²) in [6, 6.07) is 8.16. The number of ether oxygens (including phenoxy) is 2. The van der Waals surface area contributed by atoms with Crippen LogP contribution >= 0.6 is 0 Å². The number of aliphatic hydroxyl groups excluding tert-OH is 1. The minimum Gasteiger partial charge on any atom is -0.507 e. The molecule has 7 nitrogen and oxygen atoms in total. The Morgan fingerprint density at radius 2 is 2.03 bits per heavy atom. The lowest BCUT2D eigenvalue weighted by Crippen LogP contribution is -2.33. The summed E-state index contributed by atoms with van der Waals surface area (Å²) in [4.78, 5) is 31.4. The molecular weight excluding hydrogens is 396 g/mol. The standard InChI is InChI=1S/C24H26N2O5/c1-15(2)30-13-11-26-21(16-7-9-25-10-8-16)20(23(28)24(26)29)22(27)18-5-6-19-17(14-18)4-3-12-31-19/h5-10,14-15,21,27H,3-4,11-13H2,1-2H3/b22-20-. The number of aryl methyl sites for hydroxylation is 1. The van der Waals surface area contributed by atoms with Crippen molar-refractivity contribution >= 4 is 17.4 Å². The van der Waals surface area contributed by atoms with Crippen LogP contribution in [0.1, 0.15) is 43.0 Å². The lowest BCUT2D eigenvalue weighted by atomic mass is 9.94. The Morgan fingerprint density at radius 1 is 1.26 bits per heavy atom. The van der Waals surface area contributed by atoms with Crippen molar-refractivity contribution < 1.29 is 24.2 Å². The van der Waals surface area contributed by atoms with E-state index in [9.17, 15) is 14.7 Å². The second kappa shape index (κ2) is 8.89. The third kappa shape index (κ3) is 4.18. The number of aromatic nitrogens is 1. The first-order valence-corrected chi connectivity index (χ1v) is 10.5. The molecule has 1 amide bonds. The smallest absolute Gasteiger partial charge is 0.295 e. The van der Waals surface area contributed by atoms with Gasteiger partial charge in [-0.15, -0.1) is 0 Å². The lowest BCUT2D eigenvalue weighted by Gasteiger charge is -2.25. The molecule has 1 atom stereocenters. The number of carbonyl (C=O) groups is 2. The summed E-state index contributed by atoms with van der Waals surface area (Å²) in [5, 5.41) is 11.2. The highest BCUT2D eigenvalue weighted by Crippen LogP contribution is 2.39. The van der Waals surface area contributed by atoms with Crippen molar-refractivity contribution in [2.75, 3.05) is 19.8 Å². The number of likely N-dealkylation sites (tertiary alicyclic amines) is 1. The van der Waals surface area contributed by atoms with Gasteiger partial charge in [0, 0.05) is 24.5 Å². The van der Waals surface area contributed by atoms with Gasteiger partial charge in [-0.25, -0.2) is 0 Å². The van der Waals surface area contributed by atoms with Crippen LogP contribution in [0.25, 0.3) is 5.76 Å². The maximum atomic E-state index is 13.0. The number of ketones is 1. The van der Waals surface area contributed by atoms with Crippen LogP contribution in [-0.4, -0.2) is 52.5 Å². The lowest BCUT2D eigenvalue weighted by molar-refractivity contribution is -0.140. The predicted octanol–water partition coefficient (Wildman–Crippen LogP) is 3.25. The molecule has 2 aromatic rings. The zero-order chi connectivity index (χ0) is 22.0. The molecular formula is C24H26N2O5. The van der Waals surface area contributed by atoms with Gasteiger partial charge in [0.25, 0.3) is 11.7 Å². The Morgan fingerprint density at radius 3 is 2.77 bits per heavy atom. The van der Waals surface area contributed by atoms with Gasteiger partial charge in [-0.05, 0) is 68.1 Å². The maximum Gasteiger partial charge on any atom is 0.295 e. The molecule has 0 saturated carbocycles. The molecule has 1 N–H and O–H groups in total. The molecule has 2 aliphatic heterocycles. The van der Waals surface area contributed by atoms with Crippen LogP contribution in [0.3, 0.4) is 0 Å². The van der Waals surface area contributed by atoms with E-state index in [0.29, 0.717) is 24.3 Å². The fourth-order valence-electron chi connectivity index (χ4n) is 4.05. The van der Waals surface area contributed by atoms with Crippen molar-refractivity contribution in [2.45, 2.75) is 38.8 Å². The fraction of sp³-hybridized carbons (Fsp3) is 0.375. The molecule has 0 spiro atoms. The molecule has 0 aliphatic carbocycles. The van der Waals surface area contributed by atoms with Crippen molar-refractivity contribution in [2.24, 2.45) is 0 Å². The Balaban J connectivity index is 1.76. The first kappa shape index (κ1) is 21.1. The van der Waals surface area contributed by atoms with Crippen molar-refractivity contribution in [1.29, 1.82) is 0 Å². The predicted molar refractivity (Wildman–Crippen MR) is 115 cm³/mol. The quantitative estimate of drug-likeness (QED) is 0.437. The number of fused-ring (bicyclic) bond motifs is 1. The number of nitrogens with zero attached hydrogens (tertiary/aromatic N) is 2. The molecule has 162 valence electrons. The van der Waals surface area contributed by atoms with Crippen molar-refractivity contribution in [3.63, 3.8) is 0 Å². The molecule has 2 aliphatic rings. The number of benzene rings is 1. The van der Waals surface area contributed by atoms with Crippen LogP contribution in [0.2, 0.25) is 0 Å². The van der Waals surface area contributed by atoms with Gasteiger partial charge in [0.2, 0.25) is 0 Å². The molecule has 7 heteroatoms. The van der Waals surface area contributed by atoms with E-state index in [4.69, 9.17) is 9.47 Å². The molecule has 1 unspecified atom stereocenters. The molecule has 0 radical (unpaired) electrons. The second-order valence-electron chi connectivity index (χ2n) is 7.97. The molecule has 31 heavy (non-hydrogen) atoms. The monoisotopic (exact) mass is 422 g/mol. The molecule has 4 rings (SSSR count). The summed E-state index contributed by atoms with van der Waals surface area (Å²) in [5.41, 5.74) is 2.27. The summed E-state index contributed by atoms with van der Waals surface area (Å²) in [6.45, 7) is 5.03. The van der Waals surface area contributed by atoms with E-state index in [-0.39, 0.29) is 24.0 Å². The van der Waals surface area contributed by atoms with Crippen LogP contribution in [0, 0.1) is 0 Å². The summed E-state index contributed by atoms with van der Waals surface area (Å²) >= 11 is 0. The zero-order valence-electron chi connectivity index (χ0n) is 17.7. The average Bonchev–Trinajstić information content (AvgIpc) is 3.03. The zero-order valence-corrected chi connectivity index (χ0v) is 17.7. The average molecular weight is 422 g/mol. The third-order valence-electron chi connectivity index (χ3n) is 5.53. The van der Waals surface area contributed by atoms with Crippen molar-refractivity contribution in [3.8, 4) is 5.75 Å². The van der Waals surface area contributed by atoms with Gasteiger partial charge in [0.15, 0.2) is 0 Å². The second-order valence-corrected chi connectivity index (χ2v) is 7.97. The maximum absolute atomic E-state index is 13.0. The molecule has 1 fully saturated rings. The SMILES string of the molecule is CC(C)OCCN1C(=O)C(=O)/C(=C(\O)c2ccc3c(c2)CCCO3)C1c1ccncc1. The van der Waals surface area contributed by atoms with Crippen molar-refractivity contribution in [1.82, 2.24) is 9.88 Å². The number of pyridine rings is 1. The summed E-state index contributed by atoms with van der Waals surface area (Å²) in [7, 11) is 0. The van der Waals surface area contributed by atoms with E-state index < -0.39 is 17.7 Å². The number of aliphatic hydroxyl groups is 1. The molecule has 1 aromatic carbocycles. The Kier molecular flexibility index (Phi) is 6.04. The van der Waals surface area contributed by atoms with Gasteiger partial charge in [-0.2, -0.15) is 0 Å². The largest absolute Gasteiger partial charge is 0.507 e. The van der Waals surface area contributed by atoms with Gasteiger partial charge < -0.3 is 19.5 Å². The molecule has 3 heterocycles. The number of Topliss-reactive ketones (excluding diaryl/α,β-unsaturated/α-hetero) is 1.